The van der Waals surface area contributed by atoms with Crippen molar-refractivity contribution in [2.24, 2.45) is 5.92 Å². The molecule has 0 radical (unpaired) electrons. The van der Waals surface area contributed by atoms with Crippen LogP contribution in [0.25, 0.3) is 10.8 Å². The average molecular weight is 471 g/mol. The number of nitrogens with zero attached hydrogens (tertiary/aromatic N) is 1. The largest absolute Gasteiger partial charge is 0.379 e. The molecule has 3 aromatic rings. The van der Waals surface area contributed by atoms with Gasteiger partial charge in [-0.05, 0) is 61.6 Å². The number of halogens is 1. The number of hydrogen-bond donors (Lipinski definition) is 2. The van der Waals surface area contributed by atoms with Crippen molar-refractivity contribution in [3.8, 4) is 0 Å². The molecule has 0 spiro atoms. The second-order valence-corrected chi connectivity index (χ2v) is 8.89. The molecule has 1 aliphatic rings. The van der Waals surface area contributed by atoms with E-state index >= 15 is 0 Å². The average Bonchev–Trinajstić information content (AvgIpc) is 3.28. The van der Waals surface area contributed by atoms with Crippen LogP contribution < -0.4 is 10.9 Å². The molecular weight excluding hydrogens is 448 g/mol. The number of rotatable bonds is 5. The molecule has 1 fully saturated rings. The lowest BCUT2D eigenvalue weighted by Crippen LogP contribution is -2.50. The summed E-state index contributed by atoms with van der Waals surface area (Å²) < 4.78 is 5.70. The molecule has 2 aromatic carbocycles. The second-order valence-electron chi connectivity index (χ2n) is 7.98. The van der Waals surface area contributed by atoms with E-state index in [0.717, 1.165) is 35.7 Å². The van der Waals surface area contributed by atoms with Gasteiger partial charge < -0.3 is 14.9 Å². The van der Waals surface area contributed by atoms with Crippen molar-refractivity contribution in [1.82, 2.24) is 5.16 Å². The van der Waals surface area contributed by atoms with Crippen LogP contribution >= 0.6 is 15.9 Å². The number of hydrogen-bond acceptors (Lipinski definition) is 5. The standard InChI is InChI=1S/C23H23BrN2O4/c1-14-20-12-18(10-11-19(20)21(27)30-26-14)25-22(28)23(29,16-4-2-3-5-16)13-15-6-8-17(24)9-7-15/h6-12,16,29H,2-5,13H2,1H3,(H,25,28). The van der Waals surface area contributed by atoms with Crippen LogP contribution in [0.3, 0.4) is 0 Å². The van der Waals surface area contributed by atoms with Crippen LogP contribution in [0.15, 0.2) is 56.3 Å². The first-order chi connectivity index (χ1) is 14.4. The van der Waals surface area contributed by atoms with Gasteiger partial charge in [-0.2, -0.15) is 0 Å². The zero-order chi connectivity index (χ0) is 21.3. The highest BCUT2D eigenvalue weighted by Crippen LogP contribution is 2.37. The smallest absolute Gasteiger partial charge is 0.366 e. The van der Waals surface area contributed by atoms with E-state index < -0.39 is 17.1 Å². The topological polar surface area (TPSA) is 92.4 Å². The molecule has 1 saturated carbocycles. The van der Waals surface area contributed by atoms with Gasteiger partial charge in [-0.15, -0.1) is 0 Å². The van der Waals surface area contributed by atoms with Crippen LogP contribution in [0, 0.1) is 12.8 Å². The van der Waals surface area contributed by atoms with Gasteiger partial charge in [0.25, 0.3) is 5.91 Å². The van der Waals surface area contributed by atoms with Crippen molar-refractivity contribution < 1.29 is 14.4 Å². The molecule has 1 unspecified atom stereocenters. The molecule has 1 heterocycles. The van der Waals surface area contributed by atoms with E-state index in [9.17, 15) is 14.7 Å². The first-order valence-electron chi connectivity index (χ1n) is 10.1. The van der Waals surface area contributed by atoms with Crippen molar-refractivity contribution in [3.05, 3.63) is 68.6 Å². The first-order valence-corrected chi connectivity index (χ1v) is 10.8. The third-order valence-corrected chi connectivity index (χ3v) is 6.49. The van der Waals surface area contributed by atoms with Gasteiger partial charge in [-0.3, -0.25) is 4.79 Å². The van der Waals surface area contributed by atoms with E-state index in [1.54, 1.807) is 25.1 Å². The summed E-state index contributed by atoms with van der Waals surface area (Å²) >= 11 is 3.42. The van der Waals surface area contributed by atoms with Gasteiger partial charge in [0.15, 0.2) is 0 Å². The summed E-state index contributed by atoms with van der Waals surface area (Å²) in [7, 11) is 0. The Labute approximate surface area is 182 Å². The second kappa shape index (κ2) is 8.32. The summed E-state index contributed by atoms with van der Waals surface area (Å²) in [5.41, 5.74) is -0.0654. The minimum atomic E-state index is -1.51. The number of amides is 1. The highest BCUT2D eigenvalue weighted by molar-refractivity contribution is 9.10. The Balaban J connectivity index is 1.64. The highest BCUT2D eigenvalue weighted by Gasteiger charge is 2.45. The summed E-state index contributed by atoms with van der Waals surface area (Å²) in [5, 5.41) is 19.2. The van der Waals surface area contributed by atoms with Crippen molar-refractivity contribution >= 4 is 38.3 Å². The van der Waals surface area contributed by atoms with Gasteiger partial charge in [0.1, 0.15) is 5.60 Å². The molecule has 1 aliphatic carbocycles. The van der Waals surface area contributed by atoms with Crippen LogP contribution in [-0.2, 0) is 11.2 Å². The molecule has 156 valence electrons. The molecule has 0 aliphatic heterocycles. The molecule has 1 atom stereocenters. The normalized spacial score (nSPS) is 16.5. The Bertz CT molecular complexity index is 1140. The Morgan fingerprint density at radius 2 is 1.90 bits per heavy atom. The third-order valence-electron chi connectivity index (χ3n) is 5.96. The monoisotopic (exact) mass is 470 g/mol. The number of nitrogens with one attached hydrogen (secondary N) is 1. The Morgan fingerprint density at radius 1 is 1.20 bits per heavy atom. The van der Waals surface area contributed by atoms with Gasteiger partial charge in [-0.1, -0.05) is 46.1 Å². The Kier molecular flexibility index (Phi) is 5.75. The molecule has 2 N–H and O–H groups in total. The summed E-state index contributed by atoms with van der Waals surface area (Å²) in [4.78, 5) is 25.2. The van der Waals surface area contributed by atoms with E-state index in [2.05, 4.69) is 26.4 Å². The fourth-order valence-electron chi connectivity index (χ4n) is 4.27. The van der Waals surface area contributed by atoms with Gasteiger partial charge in [0, 0.05) is 22.0 Å². The molecule has 1 aromatic heterocycles. The number of benzene rings is 2. The number of carbonyl (C=O) groups is 1. The zero-order valence-corrected chi connectivity index (χ0v) is 18.2. The van der Waals surface area contributed by atoms with Crippen molar-refractivity contribution in [1.29, 1.82) is 0 Å². The highest BCUT2D eigenvalue weighted by atomic mass is 79.9. The van der Waals surface area contributed by atoms with Crippen molar-refractivity contribution in [3.63, 3.8) is 0 Å². The van der Waals surface area contributed by atoms with Crippen LogP contribution in [0.2, 0.25) is 0 Å². The number of aliphatic hydroxyl groups is 1. The number of fused-ring (bicyclic) bond motifs is 1. The zero-order valence-electron chi connectivity index (χ0n) is 16.7. The Hall–Kier alpha value is -2.51. The molecule has 0 saturated heterocycles. The maximum absolute atomic E-state index is 13.3. The minimum Gasteiger partial charge on any atom is -0.379 e. The van der Waals surface area contributed by atoms with Crippen LogP contribution in [-0.4, -0.2) is 21.8 Å². The van der Waals surface area contributed by atoms with Gasteiger partial charge in [0.2, 0.25) is 0 Å². The Morgan fingerprint density at radius 3 is 2.60 bits per heavy atom. The number of carbonyl (C=O) groups excluding carboxylic acids is 1. The van der Waals surface area contributed by atoms with Crippen molar-refractivity contribution in [2.75, 3.05) is 5.32 Å². The summed E-state index contributed by atoms with van der Waals surface area (Å²) in [6.07, 6.45) is 3.91. The summed E-state index contributed by atoms with van der Waals surface area (Å²) in [6.45, 7) is 1.74. The molecule has 30 heavy (non-hydrogen) atoms. The van der Waals surface area contributed by atoms with Crippen LogP contribution in [0.1, 0.15) is 36.9 Å². The number of anilines is 1. The summed E-state index contributed by atoms with van der Waals surface area (Å²) in [5.74, 6) is -0.526. The SMILES string of the molecule is Cc1noc(=O)c2ccc(NC(=O)C(O)(Cc3ccc(Br)cc3)C3CCCC3)cc12. The number of aryl methyl sites for hydroxylation is 1. The fourth-order valence-corrected chi connectivity index (χ4v) is 4.54. The predicted molar refractivity (Wildman–Crippen MR) is 118 cm³/mol. The summed E-state index contributed by atoms with van der Waals surface area (Å²) in [6, 6.07) is 12.6. The maximum atomic E-state index is 13.3. The molecule has 6 nitrogen and oxygen atoms in total. The van der Waals surface area contributed by atoms with Gasteiger partial charge in [0.05, 0.1) is 11.1 Å². The predicted octanol–water partition coefficient (Wildman–Crippen LogP) is 4.36. The van der Waals surface area contributed by atoms with E-state index in [4.69, 9.17) is 4.52 Å². The molecule has 1 amide bonds. The van der Waals surface area contributed by atoms with E-state index in [0.29, 0.717) is 22.2 Å². The molecule has 4 rings (SSSR count). The van der Waals surface area contributed by atoms with E-state index in [1.165, 1.54) is 0 Å². The molecule has 7 heteroatoms. The van der Waals surface area contributed by atoms with E-state index in [1.807, 2.05) is 24.3 Å². The first kappa shape index (κ1) is 20.8. The van der Waals surface area contributed by atoms with Crippen molar-refractivity contribution in [2.45, 2.75) is 44.6 Å². The van der Waals surface area contributed by atoms with Crippen LogP contribution in [0.4, 0.5) is 5.69 Å². The maximum Gasteiger partial charge on any atom is 0.366 e. The lowest BCUT2D eigenvalue weighted by atomic mass is 9.80. The molecule has 0 bridgehead atoms. The fraction of sp³-hybridized carbons (Fsp3) is 0.348. The third kappa shape index (κ3) is 4.04. The number of aromatic nitrogens is 1. The minimum absolute atomic E-state index is 0.1000. The van der Waals surface area contributed by atoms with Gasteiger partial charge in [-0.25, -0.2) is 4.79 Å². The lowest BCUT2D eigenvalue weighted by molar-refractivity contribution is -0.139. The quantitative estimate of drug-likeness (QED) is 0.577. The van der Waals surface area contributed by atoms with E-state index in [-0.39, 0.29) is 12.3 Å². The van der Waals surface area contributed by atoms with Gasteiger partial charge >= 0.3 is 5.63 Å². The van der Waals surface area contributed by atoms with Crippen LogP contribution in [0.5, 0.6) is 0 Å². The lowest BCUT2D eigenvalue weighted by Gasteiger charge is -2.33. The molecular formula is C23H23BrN2O4.